The predicted molar refractivity (Wildman–Crippen MR) is 90.9 cm³/mol. The van der Waals surface area contributed by atoms with Gasteiger partial charge in [0.05, 0.1) is 28.2 Å². The number of carboxylic acids is 1. The smallest absolute Gasteiger partial charge is 0.341 e. The second kappa shape index (κ2) is 6.27. The van der Waals surface area contributed by atoms with Crippen molar-refractivity contribution in [3.05, 3.63) is 38.9 Å². The summed E-state index contributed by atoms with van der Waals surface area (Å²) in [6.45, 7) is 1.20. The maximum Gasteiger partial charge on any atom is 0.341 e. The van der Waals surface area contributed by atoms with E-state index in [4.69, 9.17) is 22.4 Å². The number of alkyl halides is 1. The van der Waals surface area contributed by atoms with Gasteiger partial charge in [0.15, 0.2) is 0 Å². The molecular formula is C16H16ClF2N3O3. The maximum atomic E-state index is 14.6. The minimum absolute atomic E-state index is 0.0590. The van der Waals surface area contributed by atoms with Crippen LogP contribution in [0.2, 0.25) is 5.02 Å². The number of rotatable bonds is 4. The summed E-state index contributed by atoms with van der Waals surface area (Å²) in [6.07, 6.45) is 1.03. The van der Waals surface area contributed by atoms with Gasteiger partial charge in [-0.15, -0.1) is 0 Å². The van der Waals surface area contributed by atoms with Crippen molar-refractivity contribution in [2.75, 3.05) is 18.1 Å². The fourth-order valence-electron chi connectivity index (χ4n) is 3.09. The number of aromatic nitrogens is 1. The Morgan fingerprint density at radius 2 is 2.20 bits per heavy atom. The van der Waals surface area contributed by atoms with E-state index in [-0.39, 0.29) is 40.2 Å². The molecule has 3 rings (SSSR count). The number of fused-ring (bicyclic) bond motifs is 1. The lowest BCUT2D eigenvalue weighted by Gasteiger charge is -2.46. The van der Waals surface area contributed by atoms with Gasteiger partial charge >= 0.3 is 5.97 Å². The molecule has 25 heavy (non-hydrogen) atoms. The summed E-state index contributed by atoms with van der Waals surface area (Å²) in [7, 11) is 0. The molecule has 0 amide bonds. The standard InChI is InChI=1S/C16H16ClF2N3O3/c1-7-11(20)6-22(7)14-10(19)4-8-13(12(14)17)21(3-2-18)5-9(15(8)23)16(24)25/h4-5,7,11H,2-3,6,20H2,1H3,(H,24,25)/t7-,11+/m0/s1. The van der Waals surface area contributed by atoms with Crippen molar-refractivity contribution in [3.63, 3.8) is 0 Å². The van der Waals surface area contributed by atoms with Crippen molar-refractivity contribution in [1.82, 2.24) is 4.57 Å². The predicted octanol–water partition coefficient (Wildman–Crippen LogP) is 2.00. The third-order valence-electron chi connectivity index (χ3n) is 4.59. The van der Waals surface area contributed by atoms with E-state index in [0.717, 1.165) is 12.3 Å². The molecule has 3 N–H and O–H groups in total. The van der Waals surface area contributed by atoms with E-state index < -0.39 is 29.5 Å². The molecule has 0 saturated carbocycles. The van der Waals surface area contributed by atoms with E-state index in [1.54, 1.807) is 4.90 Å². The Bertz CT molecular complexity index is 931. The van der Waals surface area contributed by atoms with Crippen LogP contribution >= 0.6 is 11.6 Å². The van der Waals surface area contributed by atoms with Crippen molar-refractivity contribution in [2.45, 2.75) is 25.6 Å². The van der Waals surface area contributed by atoms with Crippen LogP contribution in [0.25, 0.3) is 10.9 Å². The Morgan fingerprint density at radius 3 is 2.72 bits per heavy atom. The molecule has 1 aromatic heterocycles. The first-order chi connectivity index (χ1) is 11.8. The maximum absolute atomic E-state index is 14.6. The molecule has 1 aliphatic heterocycles. The minimum atomic E-state index is -1.47. The van der Waals surface area contributed by atoms with Gasteiger partial charge in [0.2, 0.25) is 5.43 Å². The van der Waals surface area contributed by atoms with E-state index in [2.05, 4.69) is 0 Å². The van der Waals surface area contributed by atoms with Crippen LogP contribution in [0.5, 0.6) is 0 Å². The number of anilines is 1. The van der Waals surface area contributed by atoms with Gasteiger partial charge in [-0.25, -0.2) is 13.6 Å². The molecule has 1 fully saturated rings. The van der Waals surface area contributed by atoms with Gasteiger partial charge in [0.1, 0.15) is 18.1 Å². The number of carbonyl (C=O) groups is 1. The van der Waals surface area contributed by atoms with Crippen LogP contribution in [0.15, 0.2) is 17.1 Å². The fourth-order valence-corrected chi connectivity index (χ4v) is 3.50. The van der Waals surface area contributed by atoms with Crippen molar-refractivity contribution in [3.8, 4) is 0 Å². The topological polar surface area (TPSA) is 88.6 Å². The normalized spacial score (nSPS) is 20.0. The lowest BCUT2D eigenvalue weighted by molar-refractivity contribution is 0.0694. The Hall–Kier alpha value is -2.19. The molecule has 0 unspecified atom stereocenters. The van der Waals surface area contributed by atoms with Crippen molar-refractivity contribution in [1.29, 1.82) is 0 Å². The van der Waals surface area contributed by atoms with E-state index in [9.17, 15) is 18.4 Å². The molecule has 134 valence electrons. The van der Waals surface area contributed by atoms with Crippen LogP contribution in [-0.4, -0.2) is 40.9 Å². The van der Waals surface area contributed by atoms with Crippen molar-refractivity contribution >= 4 is 34.2 Å². The zero-order chi connectivity index (χ0) is 18.5. The van der Waals surface area contributed by atoms with Gasteiger partial charge in [0, 0.05) is 24.8 Å². The average molecular weight is 372 g/mol. The largest absolute Gasteiger partial charge is 0.477 e. The first kappa shape index (κ1) is 17.6. The number of benzene rings is 1. The molecule has 2 heterocycles. The fraction of sp³-hybridized carbons (Fsp3) is 0.375. The van der Waals surface area contributed by atoms with Crippen LogP contribution in [0.3, 0.4) is 0 Å². The Labute approximate surface area is 146 Å². The van der Waals surface area contributed by atoms with E-state index in [0.29, 0.717) is 6.54 Å². The van der Waals surface area contributed by atoms with E-state index >= 15 is 0 Å². The molecule has 2 aromatic rings. The van der Waals surface area contributed by atoms with Crippen LogP contribution in [-0.2, 0) is 6.54 Å². The first-order valence-corrected chi connectivity index (χ1v) is 8.02. The number of nitrogens with zero attached hydrogens (tertiary/aromatic N) is 2. The first-order valence-electron chi connectivity index (χ1n) is 7.64. The number of aromatic carboxylic acids is 1. The molecular weight excluding hydrogens is 356 g/mol. The third kappa shape index (κ3) is 2.65. The number of pyridine rings is 1. The molecule has 0 aliphatic carbocycles. The van der Waals surface area contributed by atoms with Gasteiger partial charge < -0.3 is 20.3 Å². The van der Waals surface area contributed by atoms with Crippen LogP contribution in [0.4, 0.5) is 14.5 Å². The highest BCUT2D eigenvalue weighted by Crippen LogP contribution is 2.39. The minimum Gasteiger partial charge on any atom is -0.477 e. The summed E-state index contributed by atoms with van der Waals surface area (Å²) >= 11 is 6.36. The second-order valence-electron chi connectivity index (χ2n) is 6.03. The quantitative estimate of drug-likeness (QED) is 0.858. The van der Waals surface area contributed by atoms with Crippen LogP contribution < -0.4 is 16.1 Å². The van der Waals surface area contributed by atoms with Gasteiger partial charge in [-0.3, -0.25) is 4.79 Å². The molecule has 6 nitrogen and oxygen atoms in total. The zero-order valence-electron chi connectivity index (χ0n) is 13.3. The number of hydrogen-bond donors (Lipinski definition) is 2. The van der Waals surface area contributed by atoms with E-state index in [1.807, 2.05) is 6.92 Å². The summed E-state index contributed by atoms with van der Waals surface area (Å²) in [4.78, 5) is 25.3. The molecule has 0 spiro atoms. The number of aryl methyl sites for hydroxylation is 1. The molecule has 9 heteroatoms. The summed E-state index contributed by atoms with van der Waals surface area (Å²) in [5.74, 6) is -2.22. The molecule has 0 radical (unpaired) electrons. The highest BCUT2D eigenvalue weighted by Gasteiger charge is 2.36. The highest BCUT2D eigenvalue weighted by atomic mass is 35.5. The van der Waals surface area contributed by atoms with E-state index in [1.165, 1.54) is 4.57 Å². The van der Waals surface area contributed by atoms with Crippen LogP contribution in [0.1, 0.15) is 17.3 Å². The number of hydrogen-bond acceptors (Lipinski definition) is 4. The van der Waals surface area contributed by atoms with Gasteiger partial charge in [-0.2, -0.15) is 0 Å². The SMILES string of the molecule is C[C@H]1[C@H](N)CN1c1c(F)cc2c(=O)c(C(=O)O)cn(CCF)c2c1Cl. The lowest BCUT2D eigenvalue weighted by Crippen LogP contribution is -2.63. The average Bonchev–Trinajstić information content (AvgIpc) is 2.56. The van der Waals surface area contributed by atoms with Gasteiger partial charge in [-0.1, -0.05) is 11.6 Å². The Morgan fingerprint density at radius 1 is 1.52 bits per heavy atom. The second-order valence-corrected chi connectivity index (χ2v) is 6.41. The molecule has 1 aromatic carbocycles. The summed E-state index contributed by atoms with van der Waals surface area (Å²) in [5.41, 5.74) is 4.60. The van der Waals surface area contributed by atoms with Crippen molar-refractivity contribution < 1.29 is 18.7 Å². The third-order valence-corrected chi connectivity index (χ3v) is 4.95. The number of halogens is 3. The number of nitrogens with two attached hydrogens (primary N) is 1. The molecule has 1 saturated heterocycles. The summed E-state index contributed by atoms with van der Waals surface area (Å²) in [5, 5.41) is 8.90. The van der Waals surface area contributed by atoms with Crippen molar-refractivity contribution in [2.24, 2.45) is 5.73 Å². The monoisotopic (exact) mass is 371 g/mol. The Kier molecular flexibility index (Phi) is 4.42. The molecule has 2 atom stereocenters. The molecule has 1 aliphatic rings. The van der Waals surface area contributed by atoms with Gasteiger partial charge in [-0.05, 0) is 13.0 Å². The summed E-state index contributed by atoms with van der Waals surface area (Å²) < 4.78 is 28.8. The molecule has 0 bridgehead atoms. The lowest BCUT2D eigenvalue weighted by atomic mass is 9.97. The Balaban J connectivity index is 2.34. The highest BCUT2D eigenvalue weighted by molar-refractivity contribution is 6.38. The number of carboxylic acid groups (broad SMARTS) is 1. The van der Waals surface area contributed by atoms with Gasteiger partial charge in [0.25, 0.3) is 0 Å². The van der Waals surface area contributed by atoms with Crippen LogP contribution in [0, 0.1) is 5.82 Å². The zero-order valence-corrected chi connectivity index (χ0v) is 14.1. The summed E-state index contributed by atoms with van der Waals surface area (Å²) in [6, 6.07) is 0.675.